The molecule has 1 N–H and O–H groups in total. The molecule has 0 aromatic rings. The minimum absolute atomic E-state index is 0.229. The Morgan fingerprint density at radius 3 is 2.42 bits per heavy atom. The van der Waals surface area contributed by atoms with Gasteiger partial charge in [0.1, 0.15) is 0 Å². The first-order valence-corrected chi connectivity index (χ1v) is 12.7. The Labute approximate surface area is 190 Å². The molecule has 2 heterocycles. The SMILES string of the molecule is CCCCCCOCCCC[C@@H]1[C@H](CC=CCCC(C)(C)C(=O)N(C)O)[C@@H]2CC[C@H]1O2. The summed E-state index contributed by atoms with van der Waals surface area (Å²) in [5.74, 6) is 1.10. The van der Waals surface area contributed by atoms with Crippen molar-refractivity contribution in [2.45, 2.75) is 110 Å². The molecule has 31 heavy (non-hydrogen) atoms. The molecule has 2 saturated heterocycles. The maximum absolute atomic E-state index is 12.0. The number of amides is 1. The second-order valence-electron chi connectivity index (χ2n) is 10.2. The van der Waals surface area contributed by atoms with Gasteiger partial charge in [-0.15, -0.1) is 0 Å². The number of hydrogen-bond acceptors (Lipinski definition) is 4. The van der Waals surface area contributed by atoms with Crippen LogP contribution in [0.5, 0.6) is 0 Å². The molecule has 0 saturated carbocycles. The van der Waals surface area contributed by atoms with Crippen LogP contribution in [-0.4, -0.2) is 48.6 Å². The number of rotatable bonds is 16. The Morgan fingerprint density at radius 2 is 1.74 bits per heavy atom. The van der Waals surface area contributed by atoms with Crippen molar-refractivity contribution < 1.29 is 19.5 Å². The topological polar surface area (TPSA) is 59.0 Å². The van der Waals surface area contributed by atoms with Crippen LogP contribution in [0.15, 0.2) is 12.2 Å². The highest BCUT2D eigenvalue weighted by Gasteiger charge is 2.47. The summed E-state index contributed by atoms with van der Waals surface area (Å²) in [5, 5.41) is 10.1. The summed E-state index contributed by atoms with van der Waals surface area (Å²) in [7, 11) is 1.40. The van der Waals surface area contributed by atoms with E-state index in [1.54, 1.807) is 0 Å². The fourth-order valence-electron chi connectivity index (χ4n) is 5.27. The average Bonchev–Trinajstić information content (AvgIpc) is 3.33. The van der Waals surface area contributed by atoms with Crippen molar-refractivity contribution in [2.75, 3.05) is 20.3 Å². The first kappa shape index (κ1) is 26.3. The molecule has 2 aliphatic rings. The van der Waals surface area contributed by atoms with Crippen molar-refractivity contribution in [2.24, 2.45) is 17.3 Å². The lowest BCUT2D eigenvalue weighted by Crippen LogP contribution is -2.36. The molecule has 0 aliphatic carbocycles. The Morgan fingerprint density at radius 1 is 1.06 bits per heavy atom. The number of carbonyl (C=O) groups excluding carboxylic acids is 1. The molecule has 0 unspecified atom stereocenters. The minimum atomic E-state index is -0.538. The Bertz CT molecular complexity index is 546. The summed E-state index contributed by atoms with van der Waals surface area (Å²) in [6, 6.07) is 0. The van der Waals surface area contributed by atoms with Crippen LogP contribution in [0.4, 0.5) is 0 Å². The Kier molecular flexibility index (Phi) is 11.6. The summed E-state index contributed by atoms with van der Waals surface area (Å²) in [6.45, 7) is 7.84. The van der Waals surface area contributed by atoms with E-state index < -0.39 is 5.41 Å². The van der Waals surface area contributed by atoms with E-state index in [1.165, 1.54) is 58.4 Å². The van der Waals surface area contributed by atoms with Gasteiger partial charge in [-0.3, -0.25) is 10.0 Å². The lowest BCUT2D eigenvalue weighted by Gasteiger charge is -2.27. The summed E-state index contributed by atoms with van der Waals surface area (Å²) in [6.07, 6.45) is 19.3. The van der Waals surface area contributed by atoms with Crippen LogP contribution in [-0.2, 0) is 14.3 Å². The molecule has 0 aromatic heterocycles. The van der Waals surface area contributed by atoms with Crippen molar-refractivity contribution >= 4 is 5.91 Å². The second kappa shape index (κ2) is 13.6. The van der Waals surface area contributed by atoms with Gasteiger partial charge in [0, 0.05) is 25.7 Å². The molecule has 4 atom stereocenters. The fourth-order valence-corrected chi connectivity index (χ4v) is 5.27. The van der Waals surface area contributed by atoms with E-state index >= 15 is 0 Å². The number of hydrogen-bond donors (Lipinski definition) is 1. The van der Waals surface area contributed by atoms with Gasteiger partial charge in [0.15, 0.2) is 0 Å². The highest BCUT2D eigenvalue weighted by Crippen LogP contribution is 2.47. The summed E-state index contributed by atoms with van der Waals surface area (Å²) >= 11 is 0. The molecule has 5 nitrogen and oxygen atoms in total. The van der Waals surface area contributed by atoms with E-state index in [2.05, 4.69) is 19.1 Å². The van der Waals surface area contributed by atoms with E-state index in [0.29, 0.717) is 29.1 Å². The molecule has 0 spiro atoms. The monoisotopic (exact) mass is 437 g/mol. The van der Waals surface area contributed by atoms with Crippen LogP contribution in [0.3, 0.4) is 0 Å². The number of allylic oxidation sites excluding steroid dienone is 2. The zero-order chi connectivity index (χ0) is 22.7. The van der Waals surface area contributed by atoms with Gasteiger partial charge in [0.2, 0.25) is 0 Å². The van der Waals surface area contributed by atoms with Gasteiger partial charge >= 0.3 is 0 Å². The smallest absolute Gasteiger partial charge is 0.251 e. The molecule has 1 amide bonds. The molecule has 2 rings (SSSR count). The van der Waals surface area contributed by atoms with Crippen LogP contribution >= 0.6 is 0 Å². The fraction of sp³-hybridized carbons (Fsp3) is 0.885. The minimum Gasteiger partial charge on any atom is -0.381 e. The highest BCUT2D eigenvalue weighted by molar-refractivity contribution is 5.80. The van der Waals surface area contributed by atoms with E-state index in [9.17, 15) is 10.0 Å². The van der Waals surface area contributed by atoms with Crippen molar-refractivity contribution in [1.29, 1.82) is 0 Å². The number of nitrogens with zero attached hydrogens (tertiary/aromatic N) is 1. The predicted molar refractivity (Wildman–Crippen MR) is 125 cm³/mol. The van der Waals surface area contributed by atoms with Crippen LogP contribution in [0.1, 0.15) is 97.8 Å². The number of ether oxygens (including phenoxy) is 2. The molecular formula is C26H47NO4. The first-order valence-electron chi connectivity index (χ1n) is 12.7. The van der Waals surface area contributed by atoms with E-state index in [1.807, 2.05) is 13.8 Å². The van der Waals surface area contributed by atoms with Gasteiger partial charge in [-0.05, 0) is 63.2 Å². The third-order valence-corrected chi connectivity index (χ3v) is 7.19. The van der Waals surface area contributed by atoms with Gasteiger partial charge in [0.05, 0.1) is 12.2 Å². The number of unbranched alkanes of at least 4 members (excludes halogenated alkanes) is 4. The van der Waals surface area contributed by atoms with Crippen molar-refractivity contribution in [3.05, 3.63) is 12.2 Å². The van der Waals surface area contributed by atoms with E-state index in [4.69, 9.17) is 9.47 Å². The standard InChI is InChI=1S/C26H47NO4/c1-5-6-7-12-19-30-20-13-10-15-22-21(23-16-17-24(22)31-23)14-9-8-11-18-26(2,3)25(28)27(4)29/h8-9,21-24,29H,5-7,10-20H2,1-4H3/t21-,22+,23-,24+/m0/s1. The second-order valence-corrected chi connectivity index (χ2v) is 10.2. The van der Waals surface area contributed by atoms with Crippen molar-refractivity contribution in [1.82, 2.24) is 5.06 Å². The number of fused-ring (bicyclic) bond motifs is 2. The summed E-state index contributed by atoms with van der Waals surface area (Å²) in [4.78, 5) is 12.0. The lowest BCUT2D eigenvalue weighted by atomic mass is 9.75. The van der Waals surface area contributed by atoms with Gasteiger partial charge < -0.3 is 9.47 Å². The summed E-state index contributed by atoms with van der Waals surface area (Å²) < 4.78 is 12.1. The normalized spacial score (nSPS) is 25.6. The van der Waals surface area contributed by atoms with Crippen LogP contribution in [0, 0.1) is 17.3 Å². The van der Waals surface area contributed by atoms with Crippen molar-refractivity contribution in [3.63, 3.8) is 0 Å². The zero-order valence-corrected chi connectivity index (χ0v) is 20.5. The van der Waals surface area contributed by atoms with Gasteiger partial charge in [-0.25, -0.2) is 5.06 Å². The Hall–Kier alpha value is -0.910. The lowest BCUT2D eigenvalue weighted by molar-refractivity contribution is -0.169. The molecule has 0 radical (unpaired) electrons. The molecule has 180 valence electrons. The van der Waals surface area contributed by atoms with Crippen LogP contribution < -0.4 is 0 Å². The predicted octanol–water partition coefficient (Wildman–Crippen LogP) is 6.15. The summed E-state index contributed by atoms with van der Waals surface area (Å²) in [5.41, 5.74) is -0.538. The molecule has 2 aliphatic heterocycles. The molecule has 2 bridgehead atoms. The number of hydroxylamine groups is 2. The zero-order valence-electron chi connectivity index (χ0n) is 20.5. The maximum Gasteiger partial charge on any atom is 0.251 e. The average molecular weight is 438 g/mol. The van der Waals surface area contributed by atoms with Crippen LogP contribution in [0.2, 0.25) is 0 Å². The quantitative estimate of drug-likeness (QED) is 0.136. The third kappa shape index (κ3) is 8.51. The van der Waals surface area contributed by atoms with Gasteiger partial charge in [0.25, 0.3) is 5.91 Å². The van der Waals surface area contributed by atoms with Crippen molar-refractivity contribution in [3.8, 4) is 0 Å². The first-order chi connectivity index (χ1) is 14.9. The third-order valence-electron chi connectivity index (χ3n) is 7.19. The highest BCUT2D eigenvalue weighted by atomic mass is 16.5. The van der Waals surface area contributed by atoms with Crippen LogP contribution in [0.25, 0.3) is 0 Å². The molecular weight excluding hydrogens is 390 g/mol. The molecule has 2 fully saturated rings. The number of carbonyl (C=O) groups is 1. The van der Waals surface area contributed by atoms with Gasteiger partial charge in [-0.2, -0.15) is 0 Å². The maximum atomic E-state index is 12.0. The van der Waals surface area contributed by atoms with E-state index in [0.717, 1.165) is 38.9 Å². The molecule has 0 aromatic carbocycles. The largest absolute Gasteiger partial charge is 0.381 e. The van der Waals surface area contributed by atoms with E-state index in [-0.39, 0.29) is 5.91 Å². The Balaban J connectivity index is 1.64. The molecule has 5 heteroatoms. The van der Waals surface area contributed by atoms with Gasteiger partial charge in [-0.1, -0.05) is 58.6 Å².